The van der Waals surface area contributed by atoms with Gasteiger partial charge in [-0.05, 0) is 60.4 Å². The second-order valence-corrected chi connectivity index (χ2v) is 6.57. The highest BCUT2D eigenvalue weighted by atomic mass is 15.4. The first-order valence-electron chi connectivity index (χ1n) is 8.39. The lowest BCUT2D eigenvalue weighted by molar-refractivity contribution is 0.950. The molecule has 0 aliphatic carbocycles. The van der Waals surface area contributed by atoms with Crippen molar-refractivity contribution in [1.82, 2.24) is 0 Å². The van der Waals surface area contributed by atoms with Crippen molar-refractivity contribution in [2.24, 2.45) is 0 Å². The molecule has 2 nitrogen and oxygen atoms in total. The monoisotopic (exact) mass is 314 g/mol. The van der Waals surface area contributed by atoms with Crippen molar-refractivity contribution in [3.05, 3.63) is 77.9 Å². The van der Waals surface area contributed by atoms with E-state index in [-0.39, 0.29) is 0 Å². The lowest BCUT2D eigenvalue weighted by atomic mass is 9.95. The lowest BCUT2D eigenvalue weighted by Crippen LogP contribution is -2.23. The van der Waals surface area contributed by atoms with Crippen molar-refractivity contribution >= 4 is 17.1 Å². The Labute approximate surface area is 144 Å². The summed E-state index contributed by atoms with van der Waals surface area (Å²) >= 11 is 0. The summed E-state index contributed by atoms with van der Waals surface area (Å²) in [6.45, 7) is 5.26. The van der Waals surface area contributed by atoms with Gasteiger partial charge >= 0.3 is 0 Å². The number of fused-ring (bicyclic) bond motifs is 1. The van der Waals surface area contributed by atoms with E-state index < -0.39 is 0 Å². The molecule has 0 radical (unpaired) electrons. The number of hydrogen-bond donors (Lipinski definition) is 0. The zero-order valence-electron chi connectivity index (χ0n) is 14.5. The second kappa shape index (κ2) is 5.72. The Morgan fingerprint density at radius 3 is 2.17 bits per heavy atom. The molecule has 0 atom stereocenters. The Morgan fingerprint density at radius 2 is 1.42 bits per heavy atom. The predicted molar refractivity (Wildman–Crippen MR) is 103 cm³/mol. The van der Waals surface area contributed by atoms with Crippen LogP contribution in [-0.2, 0) is 0 Å². The van der Waals surface area contributed by atoms with Crippen molar-refractivity contribution < 1.29 is 0 Å². The van der Waals surface area contributed by atoms with E-state index >= 15 is 0 Å². The highest BCUT2D eigenvalue weighted by Gasteiger charge is 2.24. The molecule has 0 bridgehead atoms. The Morgan fingerprint density at radius 1 is 0.750 bits per heavy atom. The maximum Gasteiger partial charge on any atom is 0.0950 e. The smallest absolute Gasteiger partial charge is 0.0950 e. The highest BCUT2D eigenvalue weighted by molar-refractivity contribution is 5.84. The summed E-state index contributed by atoms with van der Waals surface area (Å²) in [5, 5.41) is 0. The molecular formula is C22H22N2. The van der Waals surface area contributed by atoms with Crippen LogP contribution in [0.4, 0.5) is 17.1 Å². The number of aryl methyl sites for hydroxylation is 2. The zero-order chi connectivity index (χ0) is 16.7. The van der Waals surface area contributed by atoms with Gasteiger partial charge in [0.15, 0.2) is 0 Å². The maximum absolute atomic E-state index is 2.38. The molecule has 0 saturated carbocycles. The second-order valence-electron chi connectivity index (χ2n) is 6.57. The van der Waals surface area contributed by atoms with Crippen LogP contribution in [0.5, 0.6) is 0 Å². The normalized spacial score (nSPS) is 13.3. The summed E-state index contributed by atoms with van der Waals surface area (Å²) in [5.41, 5.74) is 9.09. The first-order chi connectivity index (χ1) is 11.6. The number of anilines is 3. The fourth-order valence-electron chi connectivity index (χ4n) is 3.70. The fraction of sp³-hybridized carbons (Fsp3) is 0.182. The number of para-hydroxylation sites is 2. The molecule has 0 aromatic heterocycles. The third-order valence-corrected chi connectivity index (χ3v) is 4.86. The van der Waals surface area contributed by atoms with Gasteiger partial charge in [0.2, 0.25) is 0 Å². The summed E-state index contributed by atoms with van der Waals surface area (Å²) < 4.78 is 0. The molecule has 1 aliphatic heterocycles. The number of rotatable bonds is 2. The van der Waals surface area contributed by atoms with Crippen LogP contribution in [0.2, 0.25) is 0 Å². The van der Waals surface area contributed by atoms with Gasteiger partial charge in [0.1, 0.15) is 0 Å². The standard InChI is InChI=1S/C22H22N2/c1-16-8-6-9-17(2)22(16)18-10-7-11-19(14-18)24-15-23(3)20-12-4-5-13-21(20)24/h4-14H,15H2,1-3H3. The van der Waals surface area contributed by atoms with Crippen LogP contribution in [0.15, 0.2) is 66.7 Å². The quantitative estimate of drug-likeness (QED) is 0.615. The Hall–Kier alpha value is -2.74. The lowest BCUT2D eigenvalue weighted by Gasteiger charge is -2.21. The molecule has 0 unspecified atom stereocenters. The van der Waals surface area contributed by atoms with Gasteiger partial charge in [-0.2, -0.15) is 0 Å². The predicted octanol–water partition coefficient (Wildman–Crippen LogP) is 5.52. The highest BCUT2D eigenvalue weighted by Crippen LogP contribution is 2.40. The van der Waals surface area contributed by atoms with Crippen molar-refractivity contribution in [3.8, 4) is 11.1 Å². The summed E-state index contributed by atoms with van der Waals surface area (Å²) in [4.78, 5) is 4.67. The molecule has 24 heavy (non-hydrogen) atoms. The summed E-state index contributed by atoms with van der Waals surface area (Å²) in [6.07, 6.45) is 0. The Bertz CT molecular complexity index is 878. The summed E-state index contributed by atoms with van der Waals surface area (Å²) in [6, 6.07) is 24.0. The minimum absolute atomic E-state index is 0.884. The minimum Gasteiger partial charge on any atom is -0.355 e. The van der Waals surface area contributed by atoms with Gasteiger partial charge in [-0.15, -0.1) is 0 Å². The number of benzene rings is 3. The van der Waals surface area contributed by atoms with Gasteiger partial charge in [0.25, 0.3) is 0 Å². The van der Waals surface area contributed by atoms with Crippen LogP contribution in [0.1, 0.15) is 11.1 Å². The Kier molecular flexibility index (Phi) is 3.53. The molecule has 0 fully saturated rings. The van der Waals surface area contributed by atoms with Crippen molar-refractivity contribution in [3.63, 3.8) is 0 Å². The van der Waals surface area contributed by atoms with Gasteiger partial charge < -0.3 is 9.80 Å². The van der Waals surface area contributed by atoms with E-state index in [4.69, 9.17) is 0 Å². The molecule has 2 heteroatoms. The van der Waals surface area contributed by atoms with Crippen LogP contribution in [0, 0.1) is 13.8 Å². The summed E-state index contributed by atoms with van der Waals surface area (Å²) in [7, 11) is 2.15. The maximum atomic E-state index is 2.38. The van der Waals surface area contributed by atoms with Crippen molar-refractivity contribution in [1.29, 1.82) is 0 Å². The largest absolute Gasteiger partial charge is 0.355 e. The van der Waals surface area contributed by atoms with Gasteiger partial charge in [-0.3, -0.25) is 0 Å². The summed E-state index contributed by atoms with van der Waals surface area (Å²) in [5.74, 6) is 0. The van der Waals surface area contributed by atoms with Gasteiger partial charge in [0.05, 0.1) is 18.0 Å². The fourth-order valence-corrected chi connectivity index (χ4v) is 3.70. The van der Waals surface area contributed by atoms with Crippen molar-refractivity contribution in [2.45, 2.75) is 13.8 Å². The van der Waals surface area contributed by atoms with E-state index in [0.717, 1.165) is 6.67 Å². The SMILES string of the molecule is Cc1cccc(C)c1-c1cccc(N2CN(C)c3ccccc32)c1. The van der Waals surface area contributed by atoms with Gasteiger partial charge in [-0.1, -0.05) is 42.5 Å². The number of nitrogens with zero attached hydrogens (tertiary/aromatic N) is 2. The van der Waals surface area contributed by atoms with Crippen LogP contribution in [-0.4, -0.2) is 13.7 Å². The third-order valence-electron chi connectivity index (χ3n) is 4.86. The van der Waals surface area contributed by atoms with E-state index in [1.54, 1.807) is 0 Å². The minimum atomic E-state index is 0.884. The Balaban J connectivity index is 1.80. The molecule has 0 N–H and O–H groups in total. The molecule has 4 rings (SSSR count). The zero-order valence-corrected chi connectivity index (χ0v) is 14.5. The van der Waals surface area contributed by atoms with Gasteiger partial charge in [0, 0.05) is 12.7 Å². The van der Waals surface area contributed by atoms with Crippen LogP contribution in [0.3, 0.4) is 0 Å². The molecule has 3 aromatic carbocycles. The average molecular weight is 314 g/mol. The first kappa shape index (κ1) is 14.8. The molecular weight excluding hydrogens is 292 g/mol. The third kappa shape index (κ3) is 2.35. The molecule has 0 saturated heterocycles. The molecule has 120 valence electrons. The molecule has 0 spiro atoms. The van der Waals surface area contributed by atoms with Crippen molar-refractivity contribution in [2.75, 3.05) is 23.5 Å². The first-order valence-corrected chi connectivity index (χ1v) is 8.39. The van der Waals surface area contributed by atoms with E-state index in [1.165, 1.54) is 39.3 Å². The van der Waals surface area contributed by atoms with E-state index in [2.05, 4.69) is 97.4 Å². The van der Waals surface area contributed by atoms with Crippen LogP contribution < -0.4 is 9.80 Å². The van der Waals surface area contributed by atoms with E-state index in [1.807, 2.05) is 0 Å². The molecule has 0 amide bonds. The van der Waals surface area contributed by atoms with E-state index in [0.29, 0.717) is 0 Å². The molecule has 1 heterocycles. The number of hydrogen-bond acceptors (Lipinski definition) is 2. The molecule has 3 aromatic rings. The van der Waals surface area contributed by atoms with Crippen LogP contribution in [0.25, 0.3) is 11.1 Å². The van der Waals surface area contributed by atoms with Gasteiger partial charge in [-0.25, -0.2) is 0 Å². The average Bonchev–Trinajstić information content (AvgIpc) is 2.93. The molecule has 1 aliphatic rings. The van der Waals surface area contributed by atoms with Crippen LogP contribution >= 0.6 is 0 Å². The van der Waals surface area contributed by atoms with E-state index in [9.17, 15) is 0 Å². The topological polar surface area (TPSA) is 6.48 Å².